The zero-order chi connectivity index (χ0) is 22.8. The predicted molar refractivity (Wildman–Crippen MR) is 145 cm³/mol. The van der Waals surface area contributed by atoms with Gasteiger partial charge in [0.05, 0.1) is 13.2 Å². The third kappa shape index (κ3) is 7.60. The fourth-order valence-electron chi connectivity index (χ4n) is 4.18. The highest BCUT2D eigenvalue weighted by Crippen LogP contribution is 2.31. The van der Waals surface area contributed by atoms with E-state index >= 15 is 0 Å². The average molecular weight is 566 g/mol. The van der Waals surface area contributed by atoms with Gasteiger partial charge in [-0.1, -0.05) is 30.3 Å². The third-order valence-electron chi connectivity index (χ3n) is 5.89. The van der Waals surface area contributed by atoms with Crippen LogP contribution >= 0.6 is 24.0 Å². The lowest BCUT2D eigenvalue weighted by Crippen LogP contribution is -2.43. The Bertz CT molecular complexity index is 915. The van der Waals surface area contributed by atoms with Gasteiger partial charge in [-0.2, -0.15) is 0 Å². The quantitative estimate of drug-likeness (QED) is 0.247. The Hall–Kier alpha value is -2.33. The van der Waals surface area contributed by atoms with E-state index in [1.54, 1.807) is 21.2 Å². The number of methoxy groups -OCH3 is 1. The summed E-state index contributed by atoms with van der Waals surface area (Å²) in [5.41, 5.74) is 2.99. The number of nitrogens with zero attached hydrogens (tertiary/aromatic N) is 2. The maximum Gasteiger partial charge on any atom is 0.251 e. The molecule has 1 saturated heterocycles. The first kappa shape index (κ1) is 26.9. The second-order valence-electron chi connectivity index (χ2n) is 7.91. The van der Waals surface area contributed by atoms with E-state index in [1.165, 1.54) is 18.4 Å². The number of benzene rings is 2. The number of rotatable bonds is 9. The van der Waals surface area contributed by atoms with Crippen LogP contribution in [0.4, 0.5) is 0 Å². The smallest absolute Gasteiger partial charge is 0.251 e. The van der Waals surface area contributed by atoms with Crippen LogP contribution in [0.3, 0.4) is 0 Å². The molecule has 1 aliphatic rings. The molecule has 1 heterocycles. The lowest BCUT2D eigenvalue weighted by Gasteiger charge is -2.30. The van der Waals surface area contributed by atoms with Crippen LogP contribution in [-0.2, 0) is 6.42 Å². The first-order valence-electron chi connectivity index (χ1n) is 11.3. The lowest BCUT2D eigenvalue weighted by molar-refractivity contribution is 0.0963. The first-order chi connectivity index (χ1) is 15.7. The lowest BCUT2D eigenvalue weighted by atomic mass is 10.0. The van der Waals surface area contributed by atoms with Crippen molar-refractivity contribution in [2.45, 2.75) is 25.3 Å². The van der Waals surface area contributed by atoms with Gasteiger partial charge in [-0.05, 0) is 56.1 Å². The Labute approximate surface area is 214 Å². The van der Waals surface area contributed by atoms with E-state index in [2.05, 4.69) is 38.0 Å². The highest BCUT2D eigenvalue weighted by Gasteiger charge is 2.26. The molecule has 180 valence electrons. The molecule has 0 aliphatic carbocycles. The zero-order valence-electron chi connectivity index (χ0n) is 19.8. The summed E-state index contributed by atoms with van der Waals surface area (Å²) in [6.45, 7) is 3.66. The highest BCUT2D eigenvalue weighted by molar-refractivity contribution is 14.0. The number of para-hydroxylation sites is 1. The van der Waals surface area contributed by atoms with Gasteiger partial charge in [0.25, 0.3) is 5.91 Å². The molecule has 1 unspecified atom stereocenters. The van der Waals surface area contributed by atoms with Crippen LogP contribution in [0.15, 0.2) is 53.5 Å². The molecule has 0 saturated carbocycles. The van der Waals surface area contributed by atoms with Gasteiger partial charge in [0.2, 0.25) is 0 Å². The fourth-order valence-corrected chi connectivity index (χ4v) is 4.18. The van der Waals surface area contributed by atoms with Crippen molar-refractivity contribution in [3.8, 4) is 5.75 Å². The molecule has 2 aromatic rings. The van der Waals surface area contributed by atoms with Crippen molar-refractivity contribution in [1.29, 1.82) is 0 Å². The molecule has 7 nitrogen and oxygen atoms in total. The van der Waals surface area contributed by atoms with Gasteiger partial charge >= 0.3 is 0 Å². The fraction of sp³-hybridized carbons (Fsp3) is 0.440. The Kier molecular flexibility index (Phi) is 11.5. The van der Waals surface area contributed by atoms with E-state index in [4.69, 9.17) is 4.74 Å². The van der Waals surface area contributed by atoms with Gasteiger partial charge in [0, 0.05) is 38.3 Å². The second kappa shape index (κ2) is 14.0. The summed E-state index contributed by atoms with van der Waals surface area (Å²) >= 11 is 0. The molecule has 3 rings (SSSR count). The van der Waals surface area contributed by atoms with Crippen molar-refractivity contribution < 1.29 is 9.53 Å². The summed E-state index contributed by atoms with van der Waals surface area (Å²) in [6.07, 6.45) is 3.26. The number of carbonyl (C=O) groups is 1. The molecule has 1 aliphatic heterocycles. The van der Waals surface area contributed by atoms with Crippen molar-refractivity contribution >= 4 is 35.8 Å². The van der Waals surface area contributed by atoms with Crippen LogP contribution in [0, 0.1) is 0 Å². The van der Waals surface area contributed by atoms with E-state index in [0.29, 0.717) is 5.56 Å². The minimum Gasteiger partial charge on any atom is -0.496 e. The molecule has 3 N–H and O–H groups in total. The first-order valence-corrected chi connectivity index (χ1v) is 11.3. The van der Waals surface area contributed by atoms with E-state index in [9.17, 15) is 4.79 Å². The van der Waals surface area contributed by atoms with Crippen molar-refractivity contribution in [2.75, 3.05) is 47.4 Å². The molecule has 8 heteroatoms. The van der Waals surface area contributed by atoms with Crippen LogP contribution in [0.1, 0.15) is 40.4 Å². The molecule has 1 atom stereocenters. The van der Waals surface area contributed by atoms with Gasteiger partial charge in [0.1, 0.15) is 5.75 Å². The van der Waals surface area contributed by atoms with Crippen LogP contribution in [-0.4, -0.2) is 64.2 Å². The highest BCUT2D eigenvalue weighted by atomic mass is 127. The molecule has 0 aromatic heterocycles. The largest absolute Gasteiger partial charge is 0.496 e. The number of amides is 1. The summed E-state index contributed by atoms with van der Waals surface area (Å²) in [4.78, 5) is 18.8. The maximum atomic E-state index is 11.8. The van der Waals surface area contributed by atoms with Gasteiger partial charge in [0.15, 0.2) is 5.96 Å². The second-order valence-corrected chi connectivity index (χ2v) is 7.91. The Morgan fingerprint density at radius 1 is 1.12 bits per heavy atom. The van der Waals surface area contributed by atoms with Gasteiger partial charge < -0.3 is 20.7 Å². The number of hydrogen-bond acceptors (Lipinski definition) is 4. The number of nitrogens with one attached hydrogen (secondary N) is 3. The molecule has 33 heavy (non-hydrogen) atoms. The molecule has 1 amide bonds. The molecule has 0 radical (unpaired) electrons. The van der Waals surface area contributed by atoms with Gasteiger partial charge in [-0.25, -0.2) is 0 Å². The number of hydrogen-bond donors (Lipinski definition) is 3. The van der Waals surface area contributed by atoms with Crippen molar-refractivity contribution in [2.24, 2.45) is 4.99 Å². The average Bonchev–Trinajstić information content (AvgIpc) is 3.37. The number of guanidine groups is 1. The topological polar surface area (TPSA) is 78.0 Å². The summed E-state index contributed by atoms with van der Waals surface area (Å²) in [5.74, 6) is 1.62. The zero-order valence-corrected chi connectivity index (χ0v) is 22.1. The summed E-state index contributed by atoms with van der Waals surface area (Å²) < 4.78 is 5.64. The van der Waals surface area contributed by atoms with Crippen molar-refractivity contribution in [1.82, 2.24) is 20.9 Å². The summed E-state index contributed by atoms with van der Waals surface area (Å²) in [6, 6.07) is 16.2. The van der Waals surface area contributed by atoms with Crippen molar-refractivity contribution in [3.63, 3.8) is 0 Å². The Balaban J connectivity index is 0.00000385. The third-order valence-corrected chi connectivity index (χ3v) is 5.89. The van der Waals surface area contributed by atoms with E-state index in [-0.39, 0.29) is 35.9 Å². The molecular weight excluding hydrogens is 529 g/mol. The van der Waals surface area contributed by atoms with Crippen molar-refractivity contribution in [3.05, 3.63) is 65.2 Å². The minimum atomic E-state index is -0.0680. The van der Waals surface area contributed by atoms with E-state index in [1.807, 2.05) is 36.4 Å². The number of carbonyl (C=O) groups excluding carboxylic acids is 1. The van der Waals surface area contributed by atoms with Crippen LogP contribution in [0.25, 0.3) is 0 Å². The SMILES string of the molecule is CN=C(NCCc1cccc(C(=O)NC)c1)NCC(c1ccccc1OC)N1CCCC1.I. The number of aliphatic imine (C=N–C) groups is 1. The summed E-state index contributed by atoms with van der Waals surface area (Å²) in [5, 5.41) is 9.56. The number of halogens is 1. The van der Waals surface area contributed by atoms with E-state index < -0.39 is 0 Å². The number of likely N-dealkylation sites (tertiary alicyclic amines) is 1. The Morgan fingerprint density at radius 2 is 1.88 bits per heavy atom. The minimum absolute atomic E-state index is 0. The normalized spacial score (nSPS) is 14.8. The molecule has 0 spiro atoms. The van der Waals surface area contributed by atoms with Crippen LogP contribution in [0.2, 0.25) is 0 Å². The maximum absolute atomic E-state index is 11.8. The molecule has 2 aromatic carbocycles. The predicted octanol–water partition coefficient (Wildman–Crippen LogP) is 3.22. The van der Waals surface area contributed by atoms with Crippen LogP contribution in [0.5, 0.6) is 5.75 Å². The van der Waals surface area contributed by atoms with Crippen LogP contribution < -0.4 is 20.7 Å². The van der Waals surface area contributed by atoms with Gasteiger partial charge in [-0.3, -0.25) is 14.7 Å². The molecule has 0 bridgehead atoms. The Morgan fingerprint density at radius 3 is 2.58 bits per heavy atom. The summed E-state index contributed by atoms with van der Waals surface area (Å²) in [7, 11) is 5.16. The molecular formula is C25H36IN5O2. The molecule has 1 fully saturated rings. The number of ether oxygens (including phenoxy) is 1. The van der Waals surface area contributed by atoms with E-state index in [0.717, 1.165) is 49.9 Å². The van der Waals surface area contributed by atoms with Gasteiger partial charge in [-0.15, -0.1) is 24.0 Å². The standard InChI is InChI=1S/C25H35N5O2.HI/c1-26-24(31)20-10-8-9-19(17-20)13-14-28-25(27-2)29-18-22(30-15-6-7-16-30)21-11-4-5-12-23(21)32-3;/h4-5,8-12,17,22H,6-7,13-16,18H2,1-3H3,(H,26,31)(H2,27,28,29);1H. The monoisotopic (exact) mass is 565 g/mol.